The van der Waals surface area contributed by atoms with Crippen LogP contribution in [0.1, 0.15) is 5.56 Å². The highest BCUT2D eigenvalue weighted by Crippen LogP contribution is 2.43. The molecule has 0 amide bonds. The molecule has 0 heterocycles. The molecule has 0 radical (unpaired) electrons. The summed E-state index contributed by atoms with van der Waals surface area (Å²) in [6.07, 6.45) is 0. The maximum absolute atomic E-state index is 9.94. The van der Waals surface area contributed by atoms with Crippen LogP contribution in [0.5, 0.6) is 0 Å². The van der Waals surface area contributed by atoms with Crippen LogP contribution in [0.25, 0.3) is 76.5 Å². The van der Waals surface area contributed by atoms with Gasteiger partial charge < -0.3 is 10.0 Å². The van der Waals surface area contributed by atoms with Gasteiger partial charge in [0.1, 0.15) is 0 Å². The Labute approximate surface area is 361 Å². The van der Waals surface area contributed by atoms with Crippen LogP contribution < -0.4 is 5.46 Å². The van der Waals surface area contributed by atoms with E-state index in [2.05, 4.69) is 173 Å². The fraction of sp³-hybridized carbons (Fsp3) is 0.0189. The van der Waals surface area contributed by atoms with E-state index < -0.39 is 7.12 Å². The lowest BCUT2D eigenvalue weighted by molar-refractivity contribution is 0.426. The van der Waals surface area contributed by atoms with E-state index in [9.17, 15) is 10.0 Å². The highest BCUT2D eigenvalue weighted by molar-refractivity contribution is 14.1. The number of hydrogen-bond acceptors (Lipinski definition) is 2. The van der Waals surface area contributed by atoms with Gasteiger partial charge in [0.05, 0.1) is 0 Å². The molecular formula is C53H39BBrIO2. The van der Waals surface area contributed by atoms with E-state index in [1.54, 1.807) is 0 Å². The summed E-state index contributed by atoms with van der Waals surface area (Å²) in [4.78, 5) is 0. The van der Waals surface area contributed by atoms with Crippen molar-refractivity contribution in [1.82, 2.24) is 0 Å². The topological polar surface area (TPSA) is 40.5 Å². The first-order valence-corrected chi connectivity index (χ1v) is 21.1. The molecule has 0 aromatic heterocycles. The SMILES string of the molecule is Brc1ccc(I)cc1.Cc1ccc(-c2c3ccccc3c(-c3ccccc3)c3ccccc23)cc1.OB(O)c1c2ccccc2c(-c2ccccc2)c2ccccc12. The lowest BCUT2D eigenvalue weighted by atomic mass is 9.72. The summed E-state index contributed by atoms with van der Waals surface area (Å²) < 4.78 is 2.41. The van der Waals surface area contributed by atoms with E-state index in [0.717, 1.165) is 37.1 Å². The Kier molecular flexibility index (Phi) is 12.1. The van der Waals surface area contributed by atoms with E-state index in [-0.39, 0.29) is 0 Å². The maximum atomic E-state index is 9.94. The van der Waals surface area contributed by atoms with E-state index >= 15 is 0 Å². The van der Waals surface area contributed by atoms with Gasteiger partial charge in [-0.1, -0.05) is 203 Å². The van der Waals surface area contributed by atoms with Gasteiger partial charge in [-0.25, -0.2) is 0 Å². The molecule has 58 heavy (non-hydrogen) atoms. The van der Waals surface area contributed by atoms with Crippen molar-refractivity contribution < 1.29 is 10.0 Å². The van der Waals surface area contributed by atoms with Gasteiger partial charge >= 0.3 is 7.12 Å². The van der Waals surface area contributed by atoms with E-state index in [4.69, 9.17) is 0 Å². The Morgan fingerprint density at radius 1 is 0.362 bits per heavy atom. The first-order chi connectivity index (χ1) is 28.4. The van der Waals surface area contributed by atoms with Crippen molar-refractivity contribution in [3.8, 4) is 33.4 Å². The largest absolute Gasteiger partial charge is 0.489 e. The van der Waals surface area contributed by atoms with Crippen LogP contribution in [0, 0.1) is 10.5 Å². The van der Waals surface area contributed by atoms with Crippen molar-refractivity contribution in [1.29, 1.82) is 0 Å². The number of aryl methyl sites for hydroxylation is 1. The van der Waals surface area contributed by atoms with Gasteiger partial charge in [-0.15, -0.1) is 0 Å². The van der Waals surface area contributed by atoms with Crippen molar-refractivity contribution in [2.75, 3.05) is 0 Å². The highest BCUT2D eigenvalue weighted by atomic mass is 127. The van der Waals surface area contributed by atoms with Gasteiger partial charge in [-0.3, -0.25) is 0 Å². The first-order valence-electron chi connectivity index (χ1n) is 19.2. The minimum atomic E-state index is -1.50. The standard InChI is InChI=1S/C27H20.C20H15BO2.C6H4BrI/c1-19-15-17-21(18-16-19)27-24-13-7-5-11-22(24)26(20-9-3-2-4-10-20)23-12-6-8-14-25(23)27;22-21(23)20-17-12-6-4-10-15(17)19(14-8-2-1-3-9-14)16-11-5-7-13-18(16)20;7-5-1-3-6(8)4-2-5/h2-18H,1H3;1-13,22-23H;1-4H. The second kappa shape index (κ2) is 17.9. The minimum absolute atomic E-state index is 0.566. The summed E-state index contributed by atoms with van der Waals surface area (Å²) in [6, 6.07) is 71.4. The highest BCUT2D eigenvalue weighted by Gasteiger charge is 2.22. The molecular weight excluding hydrogens is 886 g/mol. The zero-order valence-electron chi connectivity index (χ0n) is 31.9. The molecule has 0 atom stereocenters. The maximum Gasteiger partial charge on any atom is 0.489 e. The molecule has 2 N–H and O–H groups in total. The molecule has 0 aliphatic heterocycles. The molecule has 0 saturated carbocycles. The van der Waals surface area contributed by atoms with Crippen LogP contribution in [0.2, 0.25) is 0 Å². The molecule has 0 aliphatic rings. The van der Waals surface area contributed by atoms with Gasteiger partial charge in [0.15, 0.2) is 0 Å². The third-order valence-corrected chi connectivity index (χ3v) is 11.7. The molecule has 10 aromatic carbocycles. The van der Waals surface area contributed by atoms with Crippen LogP contribution in [0.4, 0.5) is 0 Å². The third-order valence-electron chi connectivity index (χ3n) is 10.4. The Hall–Kier alpha value is -5.57. The average Bonchev–Trinajstić information content (AvgIpc) is 3.27. The Bertz CT molecular complexity index is 2850. The second-order valence-corrected chi connectivity index (χ2v) is 16.3. The van der Waals surface area contributed by atoms with Crippen LogP contribution in [-0.2, 0) is 0 Å². The molecule has 280 valence electrons. The smallest absolute Gasteiger partial charge is 0.423 e. The summed E-state index contributed by atoms with van der Waals surface area (Å²) >= 11 is 5.62. The minimum Gasteiger partial charge on any atom is -0.423 e. The zero-order valence-corrected chi connectivity index (χ0v) is 35.6. The van der Waals surface area contributed by atoms with Gasteiger partial charge in [0.2, 0.25) is 0 Å². The lowest BCUT2D eigenvalue weighted by Crippen LogP contribution is -2.31. The average molecular weight is 926 g/mol. The van der Waals surface area contributed by atoms with Gasteiger partial charge in [-0.2, -0.15) is 0 Å². The van der Waals surface area contributed by atoms with Crippen molar-refractivity contribution >= 4 is 94.2 Å². The summed E-state index contributed by atoms with van der Waals surface area (Å²) in [7, 11) is -1.50. The van der Waals surface area contributed by atoms with Gasteiger partial charge in [-0.05, 0) is 136 Å². The number of hydrogen-bond donors (Lipinski definition) is 2. The molecule has 5 heteroatoms. The van der Waals surface area contributed by atoms with Crippen LogP contribution in [0.15, 0.2) is 211 Å². The van der Waals surface area contributed by atoms with E-state index in [1.165, 1.54) is 52.9 Å². The molecule has 10 aromatic rings. The Morgan fingerprint density at radius 2 is 0.655 bits per heavy atom. The molecule has 0 aliphatic carbocycles. The van der Waals surface area contributed by atoms with Crippen LogP contribution >= 0.6 is 38.5 Å². The van der Waals surface area contributed by atoms with Crippen LogP contribution in [-0.4, -0.2) is 17.2 Å². The predicted molar refractivity (Wildman–Crippen MR) is 261 cm³/mol. The van der Waals surface area contributed by atoms with Crippen LogP contribution in [0.3, 0.4) is 0 Å². The molecule has 2 nitrogen and oxygen atoms in total. The summed E-state index contributed by atoms with van der Waals surface area (Å²) in [5.74, 6) is 0. The second-order valence-electron chi connectivity index (χ2n) is 14.1. The summed E-state index contributed by atoms with van der Waals surface area (Å²) in [5, 5.41) is 28.9. The molecule has 0 fully saturated rings. The zero-order chi connectivity index (χ0) is 40.0. The Balaban J connectivity index is 0.000000137. The number of benzene rings is 10. The number of rotatable bonds is 4. The quantitative estimate of drug-likeness (QED) is 0.105. The first kappa shape index (κ1) is 39.3. The summed E-state index contributed by atoms with van der Waals surface area (Å²) in [6.45, 7) is 2.14. The molecule has 0 saturated heterocycles. The molecule has 0 spiro atoms. The van der Waals surface area contributed by atoms with Crippen molar-refractivity contribution in [3.63, 3.8) is 0 Å². The fourth-order valence-electron chi connectivity index (χ4n) is 7.86. The molecule has 0 bridgehead atoms. The molecule has 10 rings (SSSR count). The number of fused-ring (bicyclic) bond motifs is 4. The predicted octanol–water partition coefficient (Wildman–Crippen LogP) is 14.0. The van der Waals surface area contributed by atoms with Crippen molar-refractivity contribution in [2.45, 2.75) is 6.92 Å². The summed E-state index contributed by atoms with van der Waals surface area (Å²) in [5.41, 5.74) is 9.27. The lowest BCUT2D eigenvalue weighted by Gasteiger charge is -2.17. The third kappa shape index (κ3) is 8.22. The van der Waals surface area contributed by atoms with E-state index in [0.29, 0.717) is 5.46 Å². The monoisotopic (exact) mass is 924 g/mol. The fourth-order valence-corrected chi connectivity index (χ4v) is 8.49. The van der Waals surface area contributed by atoms with Crippen molar-refractivity contribution in [3.05, 3.63) is 220 Å². The molecule has 0 unspecified atom stereocenters. The van der Waals surface area contributed by atoms with Crippen molar-refractivity contribution in [2.24, 2.45) is 0 Å². The van der Waals surface area contributed by atoms with E-state index in [1.807, 2.05) is 78.9 Å². The Morgan fingerprint density at radius 3 is 0.983 bits per heavy atom. The number of halogens is 2. The van der Waals surface area contributed by atoms with Gasteiger partial charge in [0, 0.05) is 8.04 Å². The van der Waals surface area contributed by atoms with Gasteiger partial charge in [0.25, 0.3) is 0 Å². The normalized spacial score (nSPS) is 10.8.